The zero-order chi connectivity index (χ0) is 16.7. The predicted molar refractivity (Wildman–Crippen MR) is 82.7 cm³/mol. The number of aliphatic hydroxyl groups excluding tert-OH is 4. The predicted octanol–water partition coefficient (Wildman–Crippen LogP) is 0.653. The lowest BCUT2D eigenvalue weighted by Crippen LogP contribution is -2.60. The molecule has 1 aromatic carbocycles. The summed E-state index contributed by atoms with van der Waals surface area (Å²) in [5, 5.41) is 40.0. The van der Waals surface area contributed by atoms with Crippen LogP contribution < -0.4 is 4.74 Å². The van der Waals surface area contributed by atoms with E-state index in [2.05, 4.69) is 4.98 Å². The van der Waals surface area contributed by atoms with Crippen molar-refractivity contribution in [1.29, 1.82) is 0 Å². The molecule has 1 fully saturated rings. The number of benzene rings is 1. The number of fused-ring (bicyclic) bond motifs is 1. The summed E-state index contributed by atoms with van der Waals surface area (Å²) in [6.07, 6.45) is -6.74. The zero-order valence-electron chi connectivity index (χ0n) is 11.7. The number of aromatic amines is 1. The van der Waals surface area contributed by atoms with Crippen molar-refractivity contribution in [3.8, 4) is 5.88 Å². The number of hydrogen-bond acceptors (Lipinski definition) is 6. The van der Waals surface area contributed by atoms with E-state index in [9.17, 15) is 15.3 Å². The molecule has 1 aromatic heterocycles. The summed E-state index contributed by atoms with van der Waals surface area (Å²) >= 11 is 12.0. The Morgan fingerprint density at radius 2 is 1.87 bits per heavy atom. The van der Waals surface area contributed by atoms with Gasteiger partial charge in [0.2, 0.25) is 6.29 Å². The highest BCUT2D eigenvalue weighted by atomic mass is 35.5. The van der Waals surface area contributed by atoms with Gasteiger partial charge in [-0.3, -0.25) is 0 Å². The molecule has 2 heterocycles. The van der Waals surface area contributed by atoms with E-state index < -0.39 is 37.3 Å². The molecule has 23 heavy (non-hydrogen) atoms. The molecule has 2 aromatic rings. The highest BCUT2D eigenvalue weighted by molar-refractivity contribution is 6.45. The smallest absolute Gasteiger partial charge is 0.230 e. The standard InChI is InChI=1S/C14H15Cl2NO6/c15-6-2-1-5-3-8(17-10(5)9(6)16)23-14-13(21)12(20)11(19)7(4-18)22-14/h1-3,7,11-14,17-21H,4H2/t7-,11+,12+,13-,14+/m1/s1. The highest BCUT2D eigenvalue weighted by Gasteiger charge is 2.44. The molecule has 7 nitrogen and oxygen atoms in total. The fourth-order valence-corrected chi connectivity index (χ4v) is 2.84. The van der Waals surface area contributed by atoms with E-state index in [1.54, 1.807) is 18.2 Å². The summed E-state index contributed by atoms with van der Waals surface area (Å²) in [6, 6.07) is 5.00. The maximum atomic E-state index is 9.95. The van der Waals surface area contributed by atoms with Crippen LogP contribution in [-0.4, -0.2) is 62.7 Å². The van der Waals surface area contributed by atoms with E-state index in [1.165, 1.54) is 0 Å². The molecule has 1 aliphatic rings. The van der Waals surface area contributed by atoms with Gasteiger partial charge >= 0.3 is 0 Å². The molecule has 1 saturated heterocycles. The van der Waals surface area contributed by atoms with Crippen LogP contribution in [0.25, 0.3) is 10.9 Å². The maximum absolute atomic E-state index is 9.95. The van der Waals surface area contributed by atoms with Gasteiger partial charge in [0, 0.05) is 11.5 Å². The number of aliphatic hydroxyl groups is 4. The number of rotatable bonds is 3. The number of ether oxygens (including phenoxy) is 2. The number of hydrogen-bond donors (Lipinski definition) is 5. The first kappa shape index (κ1) is 16.8. The Balaban J connectivity index is 1.85. The minimum absolute atomic E-state index is 0.230. The quantitative estimate of drug-likeness (QED) is 0.547. The van der Waals surface area contributed by atoms with E-state index in [1.807, 2.05) is 0 Å². The molecule has 5 N–H and O–H groups in total. The Hall–Kier alpha value is -1.06. The van der Waals surface area contributed by atoms with Crippen molar-refractivity contribution >= 4 is 34.1 Å². The molecule has 126 valence electrons. The molecular weight excluding hydrogens is 349 g/mol. The van der Waals surface area contributed by atoms with Gasteiger partial charge in [0.15, 0.2) is 5.88 Å². The van der Waals surface area contributed by atoms with E-state index in [0.29, 0.717) is 15.6 Å². The molecule has 0 spiro atoms. The molecule has 1 aliphatic heterocycles. The second kappa shape index (κ2) is 6.45. The van der Waals surface area contributed by atoms with Gasteiger partial charge in [-0.2, -0.15) is 0 Å². The van der Waals surface area contributed by atoms with E-state index >= 15 is 0 Å². The highest BCUT2D eigenvalue weighted by Crippen LogP contribution is 2.33. The van der Waals surface area contributed by atoms with Gasteiger partial charge in [-0.15, -0.1) is 0 Å². The molecule has 5 atom stereocenters. The van der Waals surface area contributed by atoms with Crippen LogP contribution in [-0.2, 0) is 4.74 Å². The number of H-pyrrole nitrogens is 1. The largest absolute Gasteiger partial charge is 0.447 e. The van der Waals surface area contributed by atoms with Crippen LogP contribution in [0.15, 0.2) is 18.2 Å². The summed E-state index contributed by atoms with van der Waals surface area (Å²) in [5.41, 5.74) is 0.554. The summed E-state index contributed by atoms with van der Waals surface area (Å²) in [4.78, 5) is 2.90. The molecule has 0 unspecified atom stereocenters. The molecular formula is C14H15Cl2NO6. The van der Waals surface area contributed by atoms with Gasteiger partial charge in [-0.1, -0.05) is 29.3 Å². The first-order chi connectivity index (χ1) is 10.9. The molecule has 0 saturated carbocycles. The molecule has 9 heteroatoms. The van der Waals surface area contributed by atoms with E-state index in [4.69, 9.17) is 37.8 Å². The third kappa shape index (κ3) is 3.01. The monoisotopic (exact) mass is 363 g/mol. The fourth-order valence-electron chi connectivity index (χ4n) is 2.47. The summed E-state index contributed by atoms with van der Waals surface area (Å²) in [7, 11) is 0. The lowest BCUT2D eigenvalue weighted by Gasteiger charge is -2.39. The van der Waals surface area contributed by atoms with Crippen LogP contribution in [0.2, 0.25) is 10.0 Å². The first-order valence-corrected chi connectivity index (χ1v) is 7.62. The molecule has 0 amide bonds. The van der Waals surface area contributed by atoms with Gasteiger partial charge in [0.05, 0.1) is 22.2 Å². The Morgan fingerprint density at radius 3 is 2.57 bits per heavy atom. The van der Waals surface area contributed by atoms with Gasteiger partial charge in [-0.05, 0) is 6.07 Å². The third-order valence-electron chi connectivity index (χ3n) is 3.75. The van der Waals surface area contributed by atoms with Crippen molar-refractivity contribution in [2.75, 3.05) is 6.61 Å². The van der Waals surface area contributed by atoms with Crippen molar-refractivity contribution in [3.05, 3.63) is 28.2 Å². The SMILES string of the molecule is OC[C@H]1O[C@@H](Oc2cc3ccc(Cl)c(Cl)c3[nH]2)[C@H](O)[C@@H](O)[C@H]1O. The normalized spacial score (nSPS) is 31.5. The van der Waals surface area contributed by atoms with Crippen molar-refractivity contribution < 1.29 is 29.9 Å². The summed E-state index contributed by atoms with van der Waals surface area (Å²) < 4.78 is 10.8. The molecule has 0 radical (unpaired) electrons. The lowest BCUT2D eigenvalue weighted by atomic mass is 9.99. The second-order valence-corrected chi connectivity index (χ2v) is 6.06. The van der Waals surface area contributed by atoms with Crippen LogP contribution >= 0.6 is 23.2 Å². The van der Waals surface area contributed by atoms with Gasteiger partial charge in [-0.25, -0.2) is 0 Å². The van der Waals surface area contributed by atoms with Crippen LogP contribution in [0.1, 0.15) is 0 Å². The van der Waals surface area contributed by atoms with Crippen LogP contribution in [0, 0.1) is 0 Å². The second-order valence-electron chi connectivity index (χ2n) is 5.27. The van der Waals surface area contributed by atoms with Gasteiger partial charge in [0.25, 0.3) is 0 Å². The Labute approximate surface area is 141 Å². The first-order valence-electron chi connectivity index (χ1n) is 6.86. The van der Waals surface area contributed by atoms with Crippen molar-refractivity contribution in [1.82, 2.24) is 4.98 Å². The topological polar surface area (TPSA) is 115 Å². The van der Waals surface area contributed by atoms with Crippen LogP contribution in [0.5, 0.6) is 5.88 Å². The minimum Gasteiger partial charge on any atom is -0.447 e. The average molecular weight is 364 g/mol. The number of halogens is 2. The van der Waals surface area contributed by atoms with Gasteiger partial charge in [0.1, 0.15) is 24.4 Å². The van der Waals surface area contributed by atoms with Crippen LogP contribution in [0.3, 0.4) is 0 Å². The van der Waals surface area contributed by atoms with Crippen LogP contribution in [0.4, 0.5) is 0 Å². The fraction of sp³-hybridized carbons (Fsp3) is 0.429. The Bertz CT molecular complexity index is 706. The Kier molecular flexibility index (Phi) is 4.70. The average Bonchev–Trinajstić information content (AvgIpc) is 2.95. The van der Waals surface area contributed by atoms with E-state index in [-0.39, 0.29) is 5.88 Å². The van der Waals surface area contributed by atoms with Crippen molar-refractivity contribution in [2.24, 2.45) is 0 Å². The van der Waals surface area contributed by atoms with Gasteiger partial charge < -0.3 is 34.9 Å². The molecule has 0 bridgehead atoms. The maximum Gasteiger partial charge on any atom is 0.230 e. The summed E-state index contributed by atoms with van der Waals surface area (Å²) in [6.45, 7) is -0.529. The zero-order valence-corrected chi connectivity index (χ0v) is 13.2. The van der Waals surface area contributed by atoms with Crippen molar-refractivity contribution in [2.45, 2.75) is 30.7 Å². The van der Waals surface area contributed by atoms with Crippen molar-refractivity contribution in [3.63, 3.8) is 0 Å². The molecule has 0 aliphatic carbocycles. The lowest BCUT2D eigenvalue weighted by molar-refractivity contribution is -0.278. The summed E-state index contributed by atoms with van der Waals surface area (Å²) in [5.74, 6) is 0.230. The number of aromatic nitrogens is 1. The number of nitrogens with one attached hydrogen (secondary N) is 1. The molecule has 3 rings (SSSR count). The van der Waals surface area contributed by atoms with E-state index in [0.717, 1.165) is 5.39 Å². The minimum atomic E-state index is -1.51. The Morgan fingerprint density at radius 1 is 1.13 bits per heavy atom. The third-order valence-corrected chi connectivity index (χ3v) is 4.56.